The molecule has 0 radical (unpaired) electrons. The molecule has 0 bridgehead atoms. The molecular weight excluding hydrogens is 324 g/mol. The summed E-state index contributed by atoms with van der Waals surface area (Å²) in [5.41, 5.74) is 5.04. The first-order valence-corrected chi connectivity index (χ1v) is 8.56. The van der Waals surface area contributed by atoms with Crippen LogP contribution in [-0.4, -0.2) is 15.9 Å². The normalized spacial score (nSPS) is 12.2. The van der Waals surface area contributed by atoms with Crippen LogP contribution in [0.3, 0.4) is 0 Å². The van der Waals surface area contributed by atoms with E-state index >= 15 is 0 Å². The van der Waals surface area contributed by atoms with Crippen LogP contribution in [-0.2, 0) is 0 Å². The van der Waals surface area contributed by atoms with Crippen molar-refractivity contribution < 1.29 is 4.92 Å². The second-order valence-corrected chi connectivity index (χ2v) is 6.28. The number of aromatic nitrogens is 1. The van der Waals surface area contributed by atoms with Gasteiger partial charge in [-0.05, 0) is 29.3 Å². The SMILES string of the molecule is O=[N+]([O-])C[C@H](c1ccccc1)c1c(-c2ccccc2)cc2ccccn12. The lowest BCUT2D eigenvalue weighted by molar-refractivity contribution is -0.481. The van der Waals surface area contributed by atoms with E-state index in [1.807, 2.05) is 85.1 Å². The van der Waals surface area contributed by atoms with Gasteiger partial charge < -0.3 is 4.40 Å². The number of pyridine rings is 1. The molecular formula is C22H18N2O2. The molecule has 0 aliphatic rings. The first-order valence-electron chi connectivity index (χ1n) is 8.56. The maximum absolute atomic E-state index is 11.5. The van der Waals surface area contributed by atoms with Crippen LogP contribution in [0.15, 0.2) is 91.1 Å². The van der Waals surface area contributed by atoms with E-state index in [1.165, 1.54) is 0 Å². The van der Waals surface area contributed by atoms with Crippen molar-refractivity contribution in [3.63, 3.8) is 0 Å². The standard InChI is InChI=1S/C22H18N2O2/c25-24(26)16-21(18-11-5-2-6-12-18)22-20(17-9-3-1-4-10-17)15-19-13-7-8-14-23(19)22/h1-15,21H,16H2/t21-/m1/s1. The quantitative estimate of drug-likeness (QED) is 0.378. The van der Waals surface area contributed by atoms with E-state index in [-0.39, 0.29) is 17.4 Å². The van der Waals surface area contributed by atoms with Crippen LogP contribution in [0.5, 0.6) is 0 Å². The molecule has 0 amide bonds. The van der Waals surface area contributed by atoms with Gasteiger partial charge in [-0.3, -0.25) is 10.1 Å². The molecule has 0 spiro atoms. The molecule has 0 unspecified atom stereocenters. The van der Waals surface area contributed by atoms with Gasteiger partial charge in [0.1, 0.15) is 0 Å². The van der Waals surface area contributed by atoms with Gasteiger partial charge in [0.15, 0.2) is 0 Å². The molecule has 2 aromatic heterocycles. The number of rotatable bonds is 5. The maximum atomic E-state index is 11.5. The molecule has 0 saturated carbocycles. The smallest absolute Gasteiger partial charge is 0.216 e. The Morgan fingerprint density at radius 1 is 0.885 bits per heavy atom. The predicted molar refractivity (Wildman–Crippen MR) is 103 cm³/mol. The van der Waals surface area contributed by atoms with Crippen molar-refractivity contribution in [1.29, 1.82) is 0 Å². The molecule has 0 aliphatic heterocycles. The zero-order chi connectivity index (χ0) is 17.9. The summed E-state index contributed by atoms with van der Waals surface area (Å²) in [5, 5.41) is 11.5. The van der Waals surface area contributed by atoms with Crippen LogP contribution in [0.1, 0.15) is 17.2 Å². The molecule has 4 heteroatoms. The van der Waals surface area contributed by atoms with Gasteiger partial charge in [0, 0.05) is 27.9 Å². The molecule has 128 valence electrons. The lowest BCUT2D eigenvalue weighted by atomic mass is 9.91. The fourth-order valence-electron chi connectivity index (χ4n) is 3.53. The Hall–Kier alpha value is -3.40. The van der Waals surface area contributed by atoms with Gasteiger partial charge in [0.05, 0.1) is 5.92 Å². The third-order valence-electron chi connectivity index (χ3n) is 4.67. The largest absolute Gasteiger partial charge is 0.319 e. The number of nitro groups is 1. The lowest BCUT2D eigenvalue weighted by Gasteiger charge is -2.17. The summed E-state index contributed by atoms with van der Waals surface area (Å²) in [7, 11) is 0. The summed E-state index contributed by atoms with van der Waals surface area (Å²) in [6.07, 6.45) is 1.98. The molecule has 0 saturated heterocycles. The number of hydrogen-bond acceptors (Lipinski definition) is 2. The van der Waals surface area contributed by atoms with Crippen LogP contribution < -0.4 is 0 Å². The average molecular weight is 342 g/mol. The predicted octanol–water partition coefficient (Wildman–Crippen LogP) is 5.01. The van der Waals surface area contributed by atoms with E-state index in [0.29, 0.717) is 0 Å². The Balaban J connectivity index is 1.99. The van der Waals surface area contributed by atoms with Crippen LogP contribution >= 0.6 is 0 Å². The highest BCUT2D eigenvalue weighted by Crippen LogP contribution is 2.36. The van der Waals surface area contributed by atoms with Gasteiger partial charge in [-0.2, -0.15) is 0 Å². The summed E-state index contributed by atoms with van der Waals surface area (Å²) in [5.74, 6) is -0.327. The molecule has 0 N–H and O–H groups in total. The van der Waals surface area contributed by atoms with E-state index in [1.54, 1.807) is 0 Å². The van der Waals surface area contributed by atoms with E-state index in [2.05, 4.69) is 10.5 Å². The molecule has 0 aliphatic carbocycles. The Bertz CT molecular complexity index is 1040. The van der Waals surface area contributed by atoms with Crippen LogP contribution in [0.2, 0.25) is 0 Å². The van der Waals surface area contributed by atoms with Crippen molar-refractivity contribution in [1.82, 2.24) is 4.40 Å². The first-order chi connectivity index (χ1) is 12.7. The lowest BCUT2D eigenvalue weighted by Crippen LogP contribution is -2.16. The van der Waals surface area contributed by atoms with Gasteiger partial charge >= 0.3 is 0 Å². The highest BCUT2D eigenvalue weighted by atomic mass is 16.6. The third-order valence-corrected chi connectivity index (χ3v) is 4.67. The summed E-state index contributed by atoms with van der Waals surface area (Å²) >= 11 is 0. The Morgan fingerprint density at radius 2 is 1.54 bits per heavy atom. The first kappa shape index (κ1) is 16.1. The molecule has 26 heavy (non-hydrogen) atoms. The molecule has 4 aromatic rings. The molecule has 2 aromatic carbocycles. The second kappa shape index (κ2) is 6.84. The highest BCUT2D eigenvalue weighted by molar-refractivity contribution is 5.75. The van der Waals surface area contributed by atoms with Crippen LogP contribution in [0, 0.1) is 10.1 Å². The molecule has 2 heterocycles. The second-order valence-electron chi connectivity index (χ2n) is 6.28. The minimum absolute atomic E-state index is 0.148. The maximum Gasteiger partial charge on any atom is 0.216 e. The topological polar surface area (TPSA) is 47.5 Å². The molecule has 4 rings (SSSR count). The van der Waals surface area contributed by atoms with E-state index < -0.39 is 0 Å². The van der Waals surface area contributed by atoms with Gasteiger partial charge in [-0.1, -0.05) is 66.7 Å². The fourth-order valence-corrected chi connectivity index (χ4v) is 3.53. The van der Waals surface area contributed by atoms with Crippen molar-refractivity contribution in [3.05, 3.63) is 112 Å². The summed E-state index contributed by atoms with van der Waals surface area (Å²) in [6, 6.07) is 27.9. The molecule has 0 fully saturated rings. The van der Waals surface area contributed by atoms with Gasteiger partial charge in [0.2, 0.25) is 6.54 Å². The van der Waals surface area contributed by atoms with Crippen molar-refractivity contribution in [2.24, 2.45) is 0 Å². The molecule has 1 atom stereocenters. The van der Waals surface area contributed by atoms with Crippen LogP contribution in [0.25, 0.3) is 16.6 Å². The summed E-state index contributed by atoms with van der Waals surface area (Å²) < 4.78 is 2.07. The monoisotopic (exact) mass is 342 g/mol. The zero-order valence-corrected chi connectivity index (χ0v) is 14.2. The van der Waals surface area contributed by atoms with Crippen LogP contribution in [0.4, 0.5) is 0 Å². The van der Waals surface area contributed by atoms with E-state index in [4.69, 9.17) is 0 Å². The minimum Gasteiger partial charge on any atom is -0.319 e. The van der Waals surface area contributed by atoms with Crippen molar-refractivity contribution >= 4 is 5.52 Å². The van der Waals surface area contributed by atoms with Crippen molar-refractivity contribution in [2.45, 2.75) is 5.92 Å². The Kier molecular flexibility index (Phi) is 4.23. The third kappa shape index (κ3) is 2.97. The van der Waals surface area contributed by atoms with Gasteiger partial charge in [0.25, 0.3) is 0 Å². The average Bonchev–Trinajstić information content (AvgIpc) is 3.07. The van der Waals surface area contributed by atoms with E-state index in [0.717, 1.165) is 27.9 Å². The number of fused-ring (bicyclic) bond motifs is 1. The van der Waals surface area contributed by atoms with Gasteiger partial charge in [-0.25, -0.2) is 0 Å². The highest BCUT2D eigenvalue weighted by Gasteiger charge is 2.26. The summed E-state index contributed by atoms with van der Waals surface area (Å²) in [4.78, 5) is 11.2. The fraction of sp³-hybridized carbons (Fsp3) is 0.0909. The Morgan fingerprint density at radius 3 is 2.23 bits per heavy atom. The number of benzene rings is 2. The minimum atomic E-state index is -0.327. The Labute approximate surface area is 151 Å². The van der Waals surface area contributed by atoms with Gasteiger partial charge in [-0.15, -0.1) is 0 Å². The number of nitrogens with zero attached hydrogens (tertiary/aromatic N) is 2. The van der Waals surface area contributed by atoms with E-state index in [9.17, 15) is 10.1 Å². The zero-order valence-electron chi connectivity index (χ0n) is 14.2. The summed E-state index contributed by atoms with van der Waals surface area (Å²) in [6.45, 7) is -0.148. The molecule has 4 nitrogen and oxygen atoms in total. The number of hydrogen-bond donors (Lipinski definition) is 0. The van der Waals surface area contributed by atoms with Crippen molar-refractivity contribution in [2.75, 3.05) is 6.54 Å². The van der Waals surface area contributed by atoms with Crippen molar-refractivity contribution in [3.8, 4) is 11.1 Å².